The molecular formula is C24H29N3O5. The molecule has 0 saturated carbocycles. The average molecular weight is 440 g/mol. The van der Waals surface area contributed by atoms with Crippen LogP contribution in [0, 0.1) is 13.8 Å². The van der Waals surface area contributed by atoms with Crippen LogP contribution in [0.2, 0.25) is 0 Å². The first-order valence-corrected chi connectivity index (χ1v) is 10.6. The number of amides is 3. The normalized spacial score (nSPS) is 18.3. The van der Waals surface area contributed by atoms with Gasteiger partial charge in [-0.1, -0.05) is 38.1 Å². The lowest BCUT2D eigenvalue weighted by Crippen LogP contribution is -2.41. The second kappa shape index (κ2) is 8.61. The fourth-order valence-corrected chi connectivity index (χ4v) is 4.05. The highest BCUT2D eigenvalue weighted by Gasteiger charge is 2.49. The molecule has 0 spiro atoms. The largest absolute Gasteiger partial charge is 0.462 e. The number of hydrogen-bond donors (Lipinski definition) is 2. The van der Waals surface area contributed by atoms with Crippen LogP contribution in [0.25, 0.3) is 0 Å². The summed E-state index contributed by atoms with van der Waals surface area (Å²) < 4.78 is 5.07. The molecule has 0 aliphatic carbocycles. The summed E-state index contributed by atoms with van der Waals surface area (Å²) in [6, 6.07) is 6.84. The summed E-state index contributed by atoms with van der Waals surface area (Å²) in [7, 11) is 0. The van der Waals surface area contributed by atoms with Gasteiger partial charge in [-0.25, -0.2) is 9.59 Å². The third-order valence-electron chi connectivity index (χ3n) is 5.86. The topological polar surface area (TPSA) is 109 Å². The summed E-state index contributed by atoms with van der Waals surface area (Å²) in [4.78, 5) is 55.3. The Kier molecular flexibility index (Phi) is 6.25. The molecule has 1 fully saturated rings. The number of benzene rings is 1. The molecule has 8 heteroatoms. The lowest BCUT2D eigenvalue weighted by Gasteiger charge is -2.22. The number of carbonyl (C=O) groups is 4. The number of carbonyl (C=O) groups excluding carboxylic acids is 4. The van der Waals surface area contributed by atoms with E-state index in [0.717, 1.165) is 10.5 Å². The van der Waals surface area contributed by atoms with Gasteiger partial charge in [-0.3, -0.25) is 14.5 Å². The quantitative estimate of drug-likeness (QED) is 0.389. The van der Waals surface area contributed by atoms with Crippen molar-refractivity contribution in [2.24, 2.45) is 0 Å². The summed E-state index contributed by atoms with van der Waals surface area (Å²) in [5, 5.41) is 2.72. The second-order valence-corrected chi connectivity index (χ2v) is 8.49. The first-order chi connectivity index (χ1) is 15.0. The van der Waals surface area contributed by atoms with E-state index < -0.39 is 35.8 Å². The molecule has 0 radical (unpaired) electrons. The fraction of sp³-hybridized carbons (Fsp3) is 0.417. The van der Waals surface area contributed by atoms with Gasteiger partial charge in [0.15, 0.2) is 5.78 Å². The number of ketones is 1. The molecule has 2 N–H and O–H groups in total. The van der Waals surface area contributed by atoms with Gasteiger partial charge in [0.25, 0.3) is 5.91 Å². The van der Waals surface area contributed by atoms with Crippen molar-refractivity contribution in [2.45, 2.75) is 53.0 Å². The average Bonchev–Trinajstić information content (AvgIpc) is 3.15. The molecule has 2 heterocycles. The van der Waals surface area contributed by atoms with E-state index >= 15 is 0 Å². The maximum absolute atomic E-state index is 13.2. The van der Waals surface area contributed by atoms with E-state index in [2.05, 4.69) is 24.1 Å². The smallest absolute Gasteiger partial charge is 0.340 e. The van der Waals surface area contributed by atoms with Gasteiger partial charge in [-0.15, -0.1) is 0 Å². The standard InChI is InChI=1S/C24H29N3O5/c1-7-32-21(29)20-15(5)25-14(4)19(20)18(28)12-27-22(30)24(6,26-23(27)31)17-10-8-16(9-11-17)13(2)3/h8-11,13,25H,7,12H2,1-6H3,(H,26,31)/t24-/m0/s1. The predicted molar refractivity (Wildman–Crippen MR) is 119 cm³/mol. The third kappa shape index (κ3) is 3.92. The Labute approximate surface area is 187 Å². The molecule has 2 aromatic rings. The van der Waals surface area contributed by atoms with E-state index in [4.69, 9.17) is 4.74 Å². The molecule has 32 heavy (non-hydrogen) atoms. The van der Waals surface area contributed by atoms with Gasteiger partial charge >= 0.3 is 12.0 Å². The highest BCUT2D eigenvalue weighted by molar-refractivity contribution is 6.14. The number of aryl methyl sites for hydroxylation is 2. The van der Waals surface area contributed by atoms with Gasteiger partial charge < -0.3 is 15.0 Å². The van der Waals surface area contributed by atoms with Crippen molar-refractivity contribution < 1.29 is 23.9 Å². The number of imide groups is 1. The van der Waals surface area contributed by atoms with Gasteiger partial charge in [-0.05, 0) is 44.7 Å². The van der Waals surface area contributed by atoms with E-state index in [9.17, 15) is 19.2 Å². The highest BCUT2D eigenvalue weighted by atomic mass is 16.5. The molecule has 0 unspecified atom stereocenters. The molecule has 1 saturated heterocycles. The van der Waals surface area contributed by atoms with Crippen LogP contribution in [-0.2, 0) is 15.1 Å². The molecule has 1 atom stereocenters. The number of ether oxygens (including phenoxy) is 1. The van der Waals surface area contributed by atoms with Crippen LogP contribution in [0.3, 0.4) is 0 Å². The highest BCUT2D eigenvalue weighted by Crippen LogP contribution is 2.30. The van der Waals surface area contributed by atoms with Crippen molar-refractivity contribution in [3.05, 3.63) is 57.9 Å². The number of H-pyrrole nitrogens is 1. The molecule has 8 nitrogen and oxygen atoms in total. The Morgan fingerprint density at radius 1 is 1.06 bits per heavy atom. The molecular weight excluding hydrogens is 410 g/mol. The summed E-state index contributed by atoms with van der Waals surface area (Å²) >= 11 is 0. The number of nitrogens with one attached hydrogen (secondary N) is 2. The monoisotopic (exact) mass is 439 g/mol. The Bertz CT molecular complexity index is 1080. The lowest BCUT2D eigenvalue weighted by molar-refractivity contribution is -0.130. The number of aromatic amines is 1. The van der Waals surface area contributed by atoms with Crippen molar-refractivity contribution >= 4 is 23.7 Å². The Morgan fingerprint density at radius 3 is 2.22 bits per heavy atom. The van der Waals surface area contributed by atoms with Gasteiger partial charge in [0.2, 0.25) is 0 Å². The van der Waals surface area contributed by atoms with Crippen LogP contribution in [-0.4, -0.2) is 46.7 Å². The van der Waals surface area contributed by atoms with Crippen molar-refractivity contribution in [3.63, 3.8) is 0 Å². The number of aromatic nitrogens is 1. The number of rotatable bonds is 7. The lowest BCUT2D eigenvalue weighted by atomic mass is 9.90. The predicted octanol–water partition coefficient (Wildman–Crippen LogP) is 3.58. The van der Waals surface area contributed by atoms with Crippen LogP contribution in [0.15, 0.2) is 24.3 Å². The van der Waals surface area contributed by atoms with Crippen molar-refractivity contribution in [1.29, 1.82) is 0 Å². The van der Waals surface area contributed by atoms with Crippen molar-refractivity contribution in [3.8, 4) is 0 Å². The number of Topliss-reactive ketones (excluding diaryl/α,β-unsaturated/α-hetero) is 1. The minimum Gasteiger partial charge on any atom is -0.462 e. The van der Waals surface area contributed by atoms with Crippen LogP contribution in [0.4, 0.5) is 4.79 Å². The summed E-state index contributed by atoms with van der Waals surface area (Å²) in [5.41, 5.74) is 1.72. The Hall–Kier alpha value is -3.42. The molecule has 1 aliphatic rings. The fourth-order valence-electron chi connectivity index (χ4n) is 4.05. The molecule has 1 aliphatic heterocycles. The molecule has 3 amide bonds. The maximum atomic E-state index is 13.2. The summed E-state index contributed by atoms with van der Waals surface area (Å²) in [6.07, 6.45) is 0. The van der Waals surface area contributed by atoms with E-state index in [-0.39, 0.29) is 17.7 Å². The molecule has 170 valence electrons. The summed E-state index contributed by atoms with van der Waals surface area (Å²) in [6.45, 7) is 10.5. The minimum absolute atomic E-state index is 0.133. The van der Waals surface area contributed by atoms with Crippen LogP contribution in [0.1, 0.15) is 76.8 Å². The zero-order valence-electron chi connectivity index (χ0n) is 19.3. The van der Waals surface area contributed by atoms with Gasteiger partial charge in [-0.2, -0.15) is 0 Å². The van der Waals surface area contributed by atoms with Crippen molar-refractivity contribution in [1.82, 2.24) is 15.2 Å². The first kappa shape index (κ1) is 23.2. The van der Waals surface area contributed by atoms with Crippen molar-refractivity contribution in [2.75, 3.05) is 13.2 Å². The van der Waals surface area contributed by atoms with Gasteiger partial charge in [0, 0.05) is 11.4 Å². The maximum Gasteiger partial charge on any atom is 0.340 e. The van der Waals surface area contributed by atoms with E-state index in [1.165, 1.54) is 0 Å². The van der Waals surface area contributed by atoms with Gasteiger partial charge in [0.05, 0.1) is 24.3 Å². The number of nitrogens with zero attached hydrogens (tertiary/aromatic N) is 1. The SMILES string of the molecule is CCOC(=O)c1c(C)[nH]c(C)c1C(=O)CN1C(=O)N[C@@](C)(c2ccc(C(C)C)cc2)C1=O. The second-order valence-electron chi connectivity index (χ2n) is 8.49. The number of esters is 1. The van der Waals surface area contributed by atoms with Crippen LogP contribution in [0.5, 0.6) is 0 Å². The Balaban J connectivity index is 1.88. The molecule has 0 bridgehead atoms. The first-order valence-electron chi connectivity index (χ1n) is 10.6. The van der Waals surface area contributed by atoms with E-state index in [1.807, 2.05) is 24.3 Å². The Morgan fingerprint density at radius 2 is 1.66 bits per heavy atom. The molecule has 3 rings (SSSR count). The zero-order valence-corrected chi connectivity index (χ0v) is 19.3. The van der Waals surface area contributed by atoms with E-state index in [0.29, 0.717) is 22.9 Å². The number of urea groups is 1. The molecule has 1 aromatic heterocycles. The van der Waals surface area contributed by atoms with E-state index in [1.54, 1.807) is 27.7 Å². The summed E-state index contributed by atoms with van der Waals surface area (Å²) in [5.74, 6) is -1.32. The molecule has 1 aromatic carbocycles. The number of hydrogen-bond acceptors (Lipinski definition) is 5. The van der Waals surface area contributed by atoms with Crippen LogP contribution < -0.4 is 5.32 Å². The van der Waals surface area contributed by atoms with Crippen LogP contribution >= 0.6 is 0 Å². The zero-order chi connectivity index (χ0) is 23.8. The minimum atomic E-state index is -1.28. The van der Waals surface area contributed by atoms with Gasteiger partial charge in [0.1, 0.15) is 5.54 Å². The third-order valence-corrected chi connectivity index (χ3v) is 5.86.